The summed E-state index contributed by atoms with van der Waals surface area (Å²) >= 11 is 0. The van der Waals surface area contributed by atoms with E-state index in [0.717, 1.165) is 61.2 Å². The number of nitrogens with zero attached hydrogens (tertiary/aromatic N) is 2. The number of aliphatic hydroxyl groups is 1. The Kier molecular flexibility index (Phi) is 2.57. The zero-order valence-electron chi connectivity index (χ0n) is 18.1. The molecule has 2 aromatic heterocycles. The summed E-state index contributed by atoms with van der Waals surface area (Å²) in [5, 5.41) is 18.2. The van der Waals surface area contributed by atoms with Crippen LogP contribution < -0.4 is 5.32 Å². The van der Waals surface area contributed by atoms with Crippen LogP contribution in [0.15, 0.2) is 48.5 Å². The minimum Gasteiger partial charge on any atom is -0.396 e. The number of aliphatic hydroxyl groups excluding tert-OH is 1. The number of hydrogen-bond donors (Lipinski definition) is 2. The minimum absolute atomic E-state index is 0.00428. The number of amides is 1. The van der Waals surface area contributed by atoms with Crippen LogP contribution in [0.1, 0.15) is 35.5 Å². The van der Waals surface area contributed by atoms with Gasteiger partial charge in [-0.15, -0.1) is 0 Å². The van der Waals surface area contributed by atoms with Gasteiger partial charge in [-0.05, 0) is 17.7 Å². The molecule has 9 rings (SSSR count). The van der Waals surface area contributed by atoms with Crippen LogP contribution in [0, 0.1) is 11.3 Å². The standard InChI is InChI=1S/C27H21N3O3/c1-13-26(12-31)10-19-29-17-8-4-2-6-14(17)21-22-16(11-28-25(22)32)20-15-7-3-5-9-18(15)30(24(20)23(21)29)27(13,26)33-19/h2-9,13,19,31H,10-12H2,1H3,(H,28,32)/t13-,19?,26-,27?/m1/s1. The summed E-state index contributed by atoms with van der Waals surface area (Å²) in [6.45, 7) is 2.84. The van der Waals surface area contributed by atoms with Crippen LogP contribution in [0.3, 0.4) is 0 Å². The lowest BCUT2D eigenvalue weighted by Crippen LogP contribution is -2.25. The lowest BCUT2D eigenvalue weighted by Gasteiger charge is -2.22. The first-order valence-corrected chi connectivity index (χ1v) is 11.7. The Bertz CT molecular complexity index is 1780. The molecule has 1 saturated heterocycles. The van der Waals surface area contributed by atoms with Gasteiger partial charge in [-0.2, -0.15) is 0 Å². The lowest BCUT2D eigenvalue weighted by atomic mass is 9.96. The summed E-state index contributed by atoms with van der Waals surface area (Å²) in [4.78, 5) is 13.2. The van der Waals surface area contributed by atoms with E-state index in [4.69, 9.17) is 4.74 Å². The fourth-order valence-corrected chi connectivity index (χ4v) is 7.90. The second-order valence-electron chi connectivity index (χ2n) is 10.2. The molecule has 1 spiro atoms. The van der Waals surface area contributed by atoms with Crippen molar-refractivity contribution in [1.82, 2.24) is 14.5 Å². The molecule has 4 aliphatic rings. The third kappa shape index (κ3) is 1.47. The first-order chi connectivity index (χ1) is 16.1. The molecule has 3 aromatic carbocycles. The van der Waals surface area contributed by atoms with Gasteiger partial charge in [0.25, 0.3) is 5.91 Å². The maximum absolute atomic E-state index is 13.2. The van der Waals surface area contributed by atoms with Crippen LogP contribution in [0.2, 0.25) is 0 Å². The molecule has 1 amide bonds. The van der Waals surface area contributed by atoms with Crippen LogP contribution in [-0.2, 0) is 17.0 Å². The molecule has 6 heteroatoms. The molecule has 5 heterocycles. The molecular weight excluding hydrogens is 414 g/mol. The highest BCUT2D eigenvalue weighted by Crippen LogP contribution is 2.78. The van der Waals surface area contributed by atoms with Gasteiger partial charge in [0.2, 0.25) is 0 Å². The van der Waals surface area contributed by atoms with Crippen molar-refractivity contribution < 1.29 is 14.6 Å². The highest BCUT2D eigenvalue weighted by Gasteiger charge is 2.82. The largest absolute Gasteiger partial charge is 0.396 e. The number of aromatic nitrogens is 2. The van der Waals surface area contributed by atoms with E-state index >= 15 is 0 Å². The van der Waals surface area contributed by atoms with E-state index in [0.29, 0.717) is 6.54 Å². The molecule has 2 N–H and O–H groups in total. The SMILES string of the molecule is C[C@H]1C23OC(C[C@@]12CO)n1c2ccccc2c2c4c(c5c6ccccc6n3c5c21)CNC4=O. The normalized spacial score (nSPS) is 31.0. The monoisotopic (exact) mass is 435 g/mol. The van der Waals surface area contributed by atoms with Crippen molar-refractivity contribution >= 4 is 49.5 Å². The second kappa shape index (κ2) is 4.93. The number of fused-ring (bicyclic) bond motifs is 11. The molecule has 1 saturated carbocycles. The molecule has 3 aliphatic heterocycles. The first kappa shape index (κ1) is 17.2. The molecule has 162 valence electrons. The summed E-state index contributed by atoms with van der Waals surface area (Å²) in [6, 6.07) is 16.8. The molecule has 2 bridgehead atoms. The Balaban J connectivity index is 1.67. The van der Waals surface area contributed by atoms with Gasteiger partial charge in [0.05, 0.1) is 39.7 Å². The minimum atomic E-state index is -0.578. The first-order valence-electron chi connectivity index (χ1n) is 11.7. The molecular formula is C27H21N3O3. The van der Waals surface area contributed by atoms with Crippen LogP contribution in [-0.4, -0.2) is 26.8 Å². The van der Waals surface area contributed by atoms with Crippen molar-refractivity contribution in [1.29, 1.82) is 0 Å². The Morgan fingerprint density at radius 2 is 1.79 bits per heavy atom. The van der Waals surface area contributed by atoms with Crippen molar-refractivity contribution in [2.75, 3.05) is 6.61 Å². The number of nitrogens with one attached hydrogen (secondary N) is 1. The van der Waals surface area contributed by atoms with Gasteiger partial charge >= 0.3 is 0 Å². The van der Waals surface area contributed by atoms with Crippen LogP contribution in [0.4, 0.5) is 0 Å². The van der Waals surface area contributed by atoms with Crippen molar-refractivity contribution in [2.45, 2.75) is 31.8 Å². The summed E-state index contributed by atoms with van der Waals surface area (Å²) in [5.41, 5.74) is 5.43. The quantitative estimate of drug-likeness (QED) is 0.411. The number of carbonyl (C=O) groups is 1. The van der Waals surface area contributed by atoms with Crippen LogP contribution in [0.5, 0.6) is 0 Å². The second-order valence-corrected chi connectivity index (χ2v) is 10.2. The molecule has 5 aromatic rings. The predicted molar refractivity (Wildman–Crippen MR) is 125 cm³/mol. The number of ether oxygens (including phenoxy) is 1. The van der Waals surface area contributed by atoms with Crippen LogP contribution in [0.25, 0.3) is 43.6 Å². The van der Waals surface area contributed by atoms with E-state index in [2.05, 4.69) is 63.8 Å². The Morgan fingerprint density at radius 1 is 1.06 bits per heavy atom. The van der Waals surface area contributed by atoms with Gasteiger partial charge in [0.15, 0.2) is 5.72 Å². The molecule has 6 nitrogen and oxygen atoms in total. The molecule has 1 aliphatic carbocycles. The average molecular weight is 435 g/mol. The maximum atomic E-state index is 13.2. The van der Waals surface area contributed by atoms with Crippen molar-refractivity contribution in [3.8, 4) is 0 Å². The molecule has 4 atom stereocenters. The number of carbonyl (C=O) groups excluding carboxylic acids is 1. The fourth-order valence-electron chi connectivity index (χ4n) is 7.90. The van der Waals surface area contributed by atoms with E-state index in [1.54, 1.807) is 0 Å². The lowest BCUT2D eigenvalue weighted by molar-refractivity contribution is -0.0814. The smallest absolute Gasteiger partial charge is 0.252 e. The molecule has 0 radical (unpaired) electrons. The number of hydrogen-bond acceptors (Lipinski definition) is 3. The van der Waals surface area contributed by atoms with E-state index in [-0.39, 0.29) is 30.1 Å². The van der Waals surface area contributed by atoms with Gasteiger partial charge in [-0.1, -0.05) is 43.3 Å². The maximum Gasteiger partial charge on any atom is 0.252 e. The van der Waals surface area contributed by atoms with E-state index < -0.39 is 5.72 Å². The van der Waals surface area contributed by atoms with Crippen LogP contribution >= 0.6 is 0 Å². The van der Waals surface area contributed by atoms with E-state index in [1.807, 2.05) is 6.07 Å². The van der Waals surface area contributed by atoms with Gasteiger partial charge in [0, 0.05) is 40.4 Å². The molecule has 33 heavy (non-hydrogen) atoms. The van der Waals surface area contributed by atoms with Crippen molar-refractivity contribution in [3.05, 3.63) is 59.7 Å². The summed E-state index contributed by atoms with van der Waals surface area (Å²) < 4.78 is 11.7. The third-order valence-corrected chi connectivity index (χ3v) is 9.32. The molecule has 2 unspecified atom stereocenters. The summed E-state index contributed by atoms with van der Waals surface area (Å²) in [7, 11) is 0. The van der Waals surface area contributed by atoms with Gasteiger partial charge in [-0.3, -0.25) is 4.79 Å². The number of benzene rings is 3. The Morgan fingerprint density at radius 3 is 2.58 bits per heavy atom. The van der Waals surface area contributed by atoms with E-state index in [1.165, 1.54) is 0 Å². The van der Waals surface area contributed by atoms with E-state index in [9.17, 15) is 9.90 Å². The van der Waals surface area contributed by atoms with Gasteiger partial charge < -0.3 is 24.3 Å². The zero-order valence-corrected chi connectivity index (χ0v) is 18.1. The summed E-state index contributed by atoms with van der Waals surface area (Å²) in [6.07, 6.45) is 0.579. The predicted octanol–water partition coefficient (Wildman–Crippen LogP) is 4.36. The highest BCUT2D eigenvalue weighted by molar-refractivity contribution is 6.31. The number of para-hydroxylation sites is 2. The topological polar surface area (TPSA) is 68.4 Å². The zero-order chi connectivity index (χ0) is 21.9. The Hall–Kier alpha value is -3.35. The summed E-state index contributed by atoms with van der Waals surface area (Å²) in [5.74, 6) is 0.203. The van der Waals surface area contributed by atoms with Crippen molar-refractivity contribution in [3.63, 3.8) is 0 Å². The average Bonchev–Trinajstić information content (AvgIpc) is 3.35. The van der Waals surface area contributed by atoms with Gasteiger partial charge in [0.1, 0.15) is 6.23 Å². The van der Waals surface area contributed by atoms with Crippen molar-refractivity contribution in [2.24, 2.45) is 11.3 Å². The third-order valence-electron chi connectivity index (χ3n) is 9.32. The fraction of sp³-hybridized carbons (Fsp3) is 0.296. The molecule has 2 fully saturated rings. The van der Waals surface area contributed by atoms with Gasteiger partial charge in [-0.25, -0.2) is 0 Å². The highest BCUT2D eigenvalue weighted by atomic mass is 16.6. The Labute approximate surface area is 188 Å². The number of rotatable bonds is 1.